The van der Waals surface area contributed by atoms with Crippen LogP contribution in [0.15, 0.2) is 170 Å². The van der Waals surface area contributed by atoms with E-state index in [4.69, 9.17) is 0 Å². The summed E-state index contributed by atoms with van der Waals surface area (Å²) < 4.78 is 0. The molecule has 0 heteroatoms. The molecule has 0 aliphatic rings. The normalized spacial score (nSPS) is 11.9. The molecule has 0 amide bonds. The third kappa shape index (κ3) is 3.56. The molecule has 10 aromatic rings. The van der Waals surface area contributed by atoms with Gasteiger partial charge in [0.05, 0.1) is 0 Å². The molecule has 0 nitrogen and oxygen atoms in total. The van der Waals surface area contributed by atoms with E-state index in [1.807, 2.05) is 0 Å². The lowest BCUT2D eigenvalue weighted by Crippen LogP contribution is -1.93. The number of rotatable bonds is 3. The topological polar surface area (TPSA) is 0 Å². The van der Waals surface area contributed by atoms with Crippen LogP contribution >= 0.6 is 0 Å². The molecule has 0 fully saturated rings. The molecule has 0 aliphatic carbocycles. The van der Waals surface area contributed by atoms with Gasteiger partial charge in [-0.15, -0.1) is 0 Å². The van der Waals surface area contributed by atoms with E-state index in [1.165, 1.54) is 98.0 Å². The number of fused-ring (bicyclic) bond motifs is 3. The zero-order valence-corrected chi connectivity index (χ0v) is 25.2. The molecule has 10 rings (SSSR count). The average molecular weight is 581 g/mol. The maximum Gasteiger partial charge on any atom is -0.00201 e. The quantitative estimate of drug-likeness (QED) is 0.144. The molecular weight excluding hydrogens is 553 g/mol. The lowest BCUT2D eigenvalue weighted by molar-refractivity contribution is 1.66. The fourth-order valence-electron chi connectivity index (χ4n) is 8.05. The number of benzene rings is 10. The SMILES string of the molecule is c1ccc(-c2c3ccccc3c(-c3ccc4ccc5c(-c6cccc7ccccc67)ccc6ccc3c4c65)c3ccccc23)cc1. The van der Waals surface area contributed by atoms with Crippen molar-refractivity contribution in [1.82, 2.24) is 0 Å². The molecule has 0 aliphatic heterocycles. The van der Waals surface area contributed by atoms with Gasteiger partial charge in [0.2, 0.25) is 0 Å². The highest BCUT2D eigenvalue weighted by Crippen LogP contribution is 2.48. The molecule has 0 saturated carbocycles. The third-order valence-electron chi connectivity index (χ3n) is 10.0. The van der Waals surface area contributed by atoms with Gasteiger partial charge in [0.25, 0.3) is 0 Å². The number of hydrogen-bond donors (Lipinski definition) is 0. The Morgan fingerprint density at radius 2 is 0.674 bits per heavy atom. The Bertz CT molecular complexity index is 2720. The van der Waals surface area contributed by atoms with E-state index in [2.05, 4.69) is 170 Å². The van der Waals surface area contributed by atoms with Crippen molar-refractivity contribution in [3.63, 3.8) is 0 Å². The van der Waals surface area contributed by atoms with Crippen LogP contribution in [0.2, 0.25) is 0 Å². The van der Waals surface area contributed by atoms with Crippen molar-refractivity contribution in [2.24, 2.45) is 0 Å². The molecule has 10 aromatic carbocycles. The molecule has 0 bridgehead atoms. The summed E-state index contributed by atoms with van der Waals surface area (Å²) in [4.78, 5) is 0. The smallest absolute Gasteiger partial charge is 0.00201 e. The second-order valence-corrected chi connectivity index (χ2v) is 12.4. The van der Waals surface area contributed by atoms with Gasteiger partial charge in [-0.05, 0) is 98.0 Å². The van der Waals surface area contributed by atoms with E-state index in [0.29, 0.717) is 0 Å². The summed E-state index contributed by atoms with van der Waals surface area (Å²) in [7, 11) is 0. The van der Waals surface area contributed by atoms with Gasteiger partial charge in [-0.1, -0.05) is 170 Å². The molecule has 212 valence electrons. The van der Waals surface area contributed by atoms with Gasteiger partial charge in [0.1, 0.15) is 0 Å². The average Bonchev–Trinajstić information content (AvgIpc) is 3.13. The van der Waals surface area contributed by atoms with Crippen LogP contribution in [0.4, 0.5) is 0 Å². The summed E-state index contributed by atoms with van der Waals surface area (Å²) in [5.74, 6) is 0. The van der Waals surface area contributed by atoms with Crippen LogP contribution in [0.3, 0.4) is 0 Å². The molecule has 0 atom stereocenters. The van der Waals surface area contributed by atoms with E-state index in [0.717, 1.165) is 0 Å². The Balaban J connectivity index is 1.33. The van der Waals surface area contributed by atoms with Gasteiger partial charge in [0, 0.05) is 0 Å². The molecule has 46 heavy (non-hydrogen) atoms. The minimum Gasteiger partial charge on any atom is -0.0622 e. The zero-order valence-electron chi connectivity index (χ0n) is 25.2. The van der Waals surface area contributed by atoms with Crippen LogP contribution in [-0.4, -0.2) is 0 Å². The van der Waals surface area contributed by atoms with Gasteiger partial charge in [-0.3, -0.25) is 0 Å². The van der Waals surface area contributed by atoms with Gasteiger partial charge >= 0.3 is 0 Å². The highest BCUT2D eigenvalue weighted by Gasteiger charge is 2.20. The predicted molar refractivity (Wildman–Crippen MR) is 199 cm³/mol. The maximum absolute atomic E-state index is 2.35. The van der Waals surface area contributed by atoms with E-state index < -0.39 is 0 Å². The van der Waals surface area contributed by atoms with E-state index in [9.17, 15) is 0 Å². The number of hydrogen-bond acceptors (Lipinski definition) is 0. The lowest BCUT2D eigenvalue weighted by Gasteiger charge is -2.20. The monoisotopic (exact) mass is 580 g/mol. The molecule has 0 saturated heterocycles. The van der Waals surface area contributed by atoms with Crippen molar-refractivity contribution in [2.75, 3.05) is 0 Å². The van der Waals surface area contributed by atoms with Crippen molar-refractivity contribution in [2.45, 2.75) is 0 Å². The van der Waals surface area contributed by atoms with Crippen LogP contribution in [0.25, 0.3) is 98.0 Å². The lowest BCUT2D eigenvalue weighted by atomic mass is 9.82. The van der Waals surface area contributed by atoms with Gasteiger partial charge in [-0.2, -0.15) is 0 Å². The third-order valence-corrected chi connectivity index (χ3v) is 10.0. The van der Waals surface area contributed by atoms with Crippen molar-refractivity contribution >= 4 is 64.6 Å². The van der Waals surface area contributed by atoms with Crippen LogP contribution in [0.1, 0.15) is 0 Å². The molecule has 0 unspecified atom stereocenters. The Morgan fingerprint density at radius 1 is 0.217 bits per heavy atom. The molecule has 0 radical (unpaired) electrons. The van der Waals surface area contributed by atoms with Crippen molar-refractivity contribution in [3.05, 3.63) is 170 Å². The molecule has 0 N–H and O–H groups in total. The van der Waals surface area contributed by atoms with Crippen LogP contribution in [0, 0.1) is 0 Å². The van der Waals surface area contributed by atoms with E-state index in [1.54, 1.807) is 0 Å². The molecular formula is C46H28. The first-order chi connectivity index (χ1) is 22.8. The van der Waals surface area contributed by atoms with Crippen LogP contribution in [-0.2, 0) is 0 Å². The standard InChI is InChI=1S/C46H28/c1-2-12-30(13-3-1)43-36-16-6-8-18-38(36)46(39-19-9-7-17-37(39)43)42-28-24-32-22-26-40-35(25-21-31-23-27-41(42)45(32)44(31)40)34-20-10-14-29-11-4-5-15-33(29)34/h1-28H. The largest absolute Gasteiger partial charge is 0.0622 e. The Morgan fingerprint density at radius 3 is 1.33 bits per heavy atom. The summed E-state index contributed by atoms with van der Waals surface area (Å²) in [5.41, 5.74) is 7.70. The fourth-order valence-corrected chi connectivity index (χ4v) is 8.05. The van der Waals surface area contributed by atoms with Crippen LogP contribution < -0.4 is 0 Å². The second kappa shape index (κ2) is 9.76. The first-order valence-corrected chi connectivity index (χ1v) is 16.0. The van der Waals surface area contributed by atoms with Gasteiger partial charge in [-0.25, -0.2) is 0 Å². The summed E-state index contributed by atoms with van der Waals surface area (Å²) in [6.45, 7) is 0. The first kappa shape index (κ1) is 25.4. The summed E-state index contributed by atoms with van der Waals surface area (Å²) in [5, 5.41) is 15.5. The minimum atomic E-state index is 1.25. The van der Waals surface area contributed by atoms with Gasteiger partial charge in [0.15, 0.2) is 0 Å². The van der Waals surface area contributed by atoms with Crippen molar-refractivity contribution < 1.29 is 0 Å². The summed E-state index contributed by atoms with van der Waals surface area (Å²) >= 11 is 0. The highest BCUT2D eigenvalue weighted by atomic mass is 14.2. The fraction of sp³-hybridized carbons (Fsp3) is 0. The predicted octanol–water partition coefficient (Wildman–Crippen LogP) is 13.0. The second-order valence-electron chi connectivity index (χ2n) is 12.4. The summed E-state index contributed by atoms with van der Waals surface area (Å²) in [6.07, 6.45) is 0. The summed E-state index contributed by atoms with van der Waals surface area (Å²) in [6, 6.07) is 62.8. The Labute approximate surface area is 267 Å². The first-order valence-electron chi connectivity index (χ1n) is 16.0. The van der Waals surface area contributed by atoms with Crippen LogP contribution in [0.5, 0.6) is 0 Å². The maximum atomic E-state index is 2.35. The molecule has 0 aromatic heterocycles. The highest BCUT2D eigenvalue weighted by molar-refractivity contribution is 6.31. The van der Waals surface area contributed by atoms with Crippen molar-refractivity contribution in [3.8, 4) is 33.4 Å². The molecule has 0 spiro atoms. The Hall–Kier alpha value is -5.98. The Kier molecular flexibility index (Phi) is 5.38. The zero-order chi connectivity index (χ0) is 30.2. The minimum absolute atomic E-state index is 1.25. The molecule has 0 heterocycles. The van der Waals surface area contributed by atoms with E-state index in [-0.39, 0.29) is 0 Å². The van der Waals surface area contributed by atoms with E-state index >= 15 is 0 Å². The van der Waals surface area contributed by atoms with Crippen molar-refractivity contribution in [1.29, 1.82) is 0 Å². The van der Waals surface area contributed by atoms with Gasteiger partial charge < -0.3 is 0 Å².